The van der Waals surface area contributed by atoms with Gasteiger partial charge in [-0.1, -0.05) is 34.1 Å². The third kappa shape index (κ3) is 1.68. The van der Waals surface area contributed by atoms with Crippen LogP contribution in [-0.2, 0) is 0 Å². The first kappa shape index (κ1) is 8.57. The normalized spacial score (nSPS) is 10.3. The van der Waals surface area contributed by atoms with Crippen LogP contribution in [0.2, 0.25) is 0 Å². The van der Waals surface area contributed by atoms with E-state index >= 15 is 0 Å². The molecule has 1 aromatic carbocycles. The van der Waals surface area contributed by atoms with Crippen molar-refractivity contribution in [1.82, 2.24) is 0 Å². The first-order valence-electron chi connectivity index (χ1n) is 3.94. The van der Waals surface area contributed by atoms with Gasteiger partial charge in [0, 0.05) is 17.0 Å². The predicted octanol–water partition coefficient (Wildman–Crippen LogP) is 3.89. The van der Waals surface area contributed by atoms with Gasteiger partial charge in [-0.15, -0.1) is 0 Å². The first-order valence-corrected chi connectivity index (χ1v) is 4.73. The van der Waals surface area contributed by atoms with E-state index in [9.17, 15) is 0 Å². The molecular weight excluding hydrogens is 228 g/mol. The average Bonchev–Trinajstić information content (AvgIpc) is 2.53. The van der Waals surface area contributed by atoms with Gasteiger partial charge >= 0.3 is 0 Å². The van der Waals surface area contributed by atoms with Gasteiger partial charge in [0.15, 0.2) is 0 Å². The second-order valence-electron chi connectivity index (χ2n) is 2.75. The van der Waals surface area contributed by atoms with Crippen LogP contribution in [0.25, 0.3) is 11.3 Å². The highest BCUT2D eigenvalue weighted by Gasteiger charge is 2.04. The Morgan fingerprint density at radius 2 is 1.85 bits per heavy atom. The summed E-state index contributed by atoms with van der Waals surface area (Å²) < 4.78 is 6.44. The van der Waals surface area contributed by atoms with E-state index in [1.54, 1.807) is 0 Å². The molecule has 0 aliphatic rings. The number of rotatable bonds is 1. The topological polar surface area (TPSA) is 13.1 Å². The van der Waals surface area contributed by atoms with E-state index in [1.165, 1.54) is 0 Å². The standard InChI is InChI=1S/C11H8BrO/c1-8-6-7-11(13-8)9-4-2-3-5-10(9)12/h2-7H,1H2. The summed E-state index contributed by atoms with van der Waals surface area (Å²) >= 11 is 3.46. The van der Waals surface area contributed by atoms with Crippen LogP contribution in [0.3, 0.4) is 0 Å². The lowest BCUT2D eigenvalue weighted by Crippen LogP contribution is -1.74. The Kier molecular flexibility index (Phi) is 2.23. The van der Waals surface area contributed by atoms with E-state index < -0.39 is 0 Å². The Bertz CT molecular complexity index is 418. The van der Waals surface area contributed by atoms with Crippen molar-refractivity contribution in [2.75, 3.05) is 0 Å². The highest BCUT2D eigenvalue weighted by Crippen LogP contribution is 2.28. The second-order valence-corrected chi connectivity index (χ2v) is 3.60. The summed E-state index contributed by atoms with van der Waals surface area (Å²) in [6.45, 7) is 3.71. The lowest BCUT2D eigenvalue weighted by atomic mass is 10.2. The number of furan rings is 1. The van der Waals surface area contributed by atoms with E-state index in [0.717, 1.165) is 15.8 Å². The van der Waals surface area contributed by atoms with Crippen LogP contribution >= 0.6 is 15.9 Å². The smallest absolute Gasteiger partial charge is 0.135 e. The monoisotopic (exact) mass is 235 g/mol. The largest absolute Gasteiger partial charge is 0.461 e. The SMILES string of the molecule is [CH2]c1ccc(-c2ccccc2Br)o1. The molecule has 0 saturated carbocycles. The molecule has 65 valence electrons. The van der Waals surface area contributed by atoms with Crippen LogP contribution in [0.4, 0.5) is 0 Å². The summed E-state index contributed by atoms with van der Waals surface area (Å²) in [5, 5.41) is 0. The molecule has 0 fully saturated rings. The van der Waals surface area contributed by atoms with Gasteiger partial charge in [-0.3, -0.25) is 0 Å². The Balaban J connectivity index is 2.52. The van der Waals surface area contributed by atoms with E-state index in [1.807, 2.05) is 36.4 Å². The zero-order valence-electron chi connectivity index (χ0n) is 6.96. The molecule has 0 amide bonds. The zero-order chi connectivity index (χ0) is 9.26. The van der Waals surface area contributed by atoms with Crippen molar-refractivity contribution in [2.24, 2.45) is 0 Å². The molecule has 2 aromatic rings. The lowest BCUT2D eigenvalue weighted by Gasteiger charge is -1.98. The van der Waals surface area contributed by atoms with Gasteiger partial charge in [-0.2, -0.15) is 0 Å². The molecule has 0 N–H and O–H groups in total. The van der Waals surface area contributed by atoms with E-state index in [4.69, 9.17) is 4.42 Å². The molecule has 2 heteroatoms. The molecular formula is C11H8BrO. The van der Waals surface area contributed by atoms with Gasteiger partial charge in [-0.05, 0) is 18.2 Å². The molecule has 2 rings (SSSR count). The minimum absolute atomic E-state index is 0.686. The zero-order valence-corrected chi connectivity index (χ0v) is 8.54. The van der Waals surface area contributed by atoms with Crippen molar-refractivity contribution in [2.45, 2.75) is 0 Å². The van der Waals surface area contributed by atoms with Crippen LogP contribution in [0.1, 0.15) is 5.76 Å². The molecule has 0 bridgehead atoms. The fourth-order valence-electron chi connectivity index (χ4n) is 1.18. The van der Waals surface area contributed by atoms with Crippen LogP contribution in [-0.4, -0.2) is 0 Å². The minimum atomic E-state index is 0.686. The Labute approximate surface area is 85.5 Å². The molecule has 1 heterocycles. The van der Waals surface area contributed by atoms with Gasteiger partial charge in [-0.25, -0.2) is 0 Å². The Morgan fingerprint density at radius 1 is 1.08 bits per heavy atom. The molecule has 0 spiro atoms. The van der Waals surface area contributed by atoms with Crippen molar-refractivity contribution < 1.29 is 4.42 Å². The van der Waals surface area contributed by atoms with Crippen molar-refractivity contribution in [1.29, 1.82) is 0 Å². The number of halogens is 1. The number of hydrogen-bond acceptors (Lipinski definition) is 1. The highest BCUT2D eigenvalue weighted by atomic mass is 79.9. The lowest BCUT2D eigenvalue weighted by molar-refractivity contribution is 0.563. The fourth-order valence-corrected chi connectivity index (χ4v) is 1.66. The maximum atomic E-state index is 5.41. The predicted molar refractivity (Wildman–Crippen MR) is 56.3 cm³/mol. The van der Waals surface area contributed by atoms with Crippen molar-refractivity contribution in [3.63, 3.8) is 0 Å². The van der Waals surface area contributed by atoms with E-state index in [2.05, 4.69) is 22.9 Å². The van der Waals surface area contributed by atoms with E-state index in [0.29, 0.717) is 5.76 Å². The summed E-state index contributed by atoms with van der Waals surface area (Å²) in [6, 6.07) is 11.7. The maximum Gasteiger partial charge on any atom is 0.135 e. The molecule has 0 atom stereocenters. The van der Waals surface area contributed by atoms with Gasteiger partial charge in [0.1, 0.15) is 11.5 Å². The highest BCUT2D eigenvalue weighted by molar-refractivity contribution is 9.10. The molecule has 0 unspecified atom stereocenters. The van der Waals surface area contributed by atoms with E-state index in [-0.39, 0.29) is 0 Å². The molecule has 13 heavy (non-hydrogen) atoms. The number of benzene rings is 1. The van der Waals surface area contributed by atoms with Gasteiger partial charge < -0.3 is 4.42 Å². The summed E-state index contributed by atoms with van der Waals surface area (Å²) in [5.41, 5.74) is 1.05. The van der Waals surface area contributed by atoms with Crippen molar-refractivity contribution in [3.8, 4) is 11.3 Å². The van der Waals surface area contributed by atoms with Crippen LogP contribution in [0.15, 0.2) is 45.3 Å². The summed E-state index contributed by atoms with van der Waals surface area (Å²) in [4.78, 5) is 0. The summed E-state index contributed by atoms with van der Waals surface area (Å²) in [6.07, 6.45) is 0. The Morgan fingerprint density at radius 3 is 2.46 bits per heavy atom. The van der Waals surface area contributed by atoms with Crippen LogP contribution in [0, 0.1) is 6.92 Å². The second kappa shape index (κ2) is 3.38. The van der Waals surface area contributed by atoms with Gasteiger partial charge in [0.05, 0.1) is 0 Å². The van der Waals surface area contributed by atoms with Crippen LogP contribution in [0.5, 0.6) is 0 Å². The quantitative estimate of drug-likeness (QED) is 0.731. The average molecular weight is 236 g/mol. The Hall–Kier alpha value is -1.02. The molecule has 1 radical (unpaired) electrons. The molecule has 1 aromatic heterocycles. The fraction of sp³-hybridized carbons (Fsp3) is 0. The molecule has 0 saturated heterocycles. The van der Waals surface area contributed by atoms with Gasteiger partial charge in [0.2, 0.25) is 0 Å². The van der Waals surface area contributed by atoms with Crippen LogP contribution < -0.4 is 0 Å². The molecule has 0 aliphatic heterocycles. The maximum absolute atomic E-state index is 5.41. The van der Waals surface area contributed by atoms with Crippen molar-refractivity contribution >= 4 is 15.9 Å². The molecule has 1 nitrogen and oxygen atoms in total. The summed E-state index contributed by atoms with van der Waals surface area (Å²) in [5.74, 6) is 1.53. The first-order chi connectivity index (χ1) is 6.27. The third-order valence-corrected chi connectivity index (χ3v) is 2.49. The summed E-state index contributed by atoms with van der Waals surface area (Å²) in [7, 11) is 0. The minimum Gasteiger partial charge on any atom is -0.461 e. The third-order valence-electron chi connectivity index (χ3n) is 1.80. The number of hydrogen-bond donors (Lipinski definition) is 0. The van der Waals surface area contributed by atoms with Gasteiger partial charge in [0.25, 0.3) is 0 Å². The molecule has 0 aliphatic carbocycles. The van der Waals surface area contributed by atoms with Crippen molar-refractivity contribution in [3.05, 3.63) is 53.6 Å².